The van der Waals surface area contributed by atoms with Gasteiger partial charge in [-0.05, 0) is 0 Å². The average molecular weight is 186 g/mol. The van der Waals surface area contributed by atoms with Crippen LogP contribution in [0.25, 0.3) is 0 Å². The molecule has 0 saturated carbocycles. The van der Waals surface area contributed by atoms with E-state index in [9.17, 15) is 26.3 Å². The molecule has 0 aliphatic rings. The zero-order chi connectivity index (χ0) is 8.58. The Hall–Kier alpha value is -0.500. The molecule has 0 amide bonds. The molecule has 0 aromatic heterocycles. The predicted octanol–water partition coefficient (Wildman–Crippen LogP) is 0.647. The van der Waals surface area contributed by atoms with E-state index in [1.165, 1.54) is 0 Å². The molecule has 3 N–H and O–H groups in total. The van der Waals surface area contributed by atoms with Gasteiger partial charge < -0.3 is 10.6 Å². The molecule has 0 aromatic carbocycles. The van der Waals surface area contributed by atoms with Crippen LogP contribution in [-0.4, -0.2) is 29.0 Å². The second-order valence-corrected chi connectivity index (χ2v) is 1.47. The van der Waals surface area contributed by atoms with Crippen molar-refractivity contribution in [1.82, 2.24) is 0 Å². The molecule has 0 radical (unpaired) electrons. The summed E-state index contributed by atoms with van der Waals surface area (Å²) in [6.07, 6.45) is -10.4. The van der Waals surface area contributed by atoms with Gasteiger partial charge in [0.15, 0.2) is 0 Å². The summed E-state index contributed by atoms with van der Waals surface area (Å²) in [5, 5.41) is 7.39. The second-order valence-electron chi connectivity index (χ2n) is 1.47. The lowest BCUT2D eigenvalue weighted by Gasteiger charge is -2.20. The Morgan fingerprint density at radius 1 is 1.00 bits per heavy atom. The van der Waals surface area contributed by atoms with Crippen molar-refractivity contribution in [3.63, 3.8) is 0 Å². The van der Waals surface area contributed by atoms with E-state index in [1.54, 1.807) is 0 Å². The first kappa shape index (κ1) is 13.1. The Kier molecular flexibility index (Phi) is 3.89. The van der Waals surface area contributed by atoms with Gasteiger partial charge in [-0.3, -0.25) is 0 Å². The molecule has 1 atom stereocenters. The van der Waals surface area contributed by atoms with Crippen LogP contribution in [0.2, 0.25) is 0 Å². The topological polar surface area (TPSA) is 51.7 Å². The highest BCUT2D eigenvalue weighted by Crippen LogP contribution is 2.36. The summed E-state index contributed by atoms with van der Waals surface area (Å²) in [5.41, 5.74) is 0. The van der Waals surface area contributed by atoms with Crippen molar-refractivity contribution in [3.8, 4) is 0 Å². The summed E-state index contributed by atoms with van der Waals surface area (Å²) < 4.78 is 66.3. The molecule has 1 unspecified atom stereocenters. The molecule has 11 heavy (non-hydrogen) atoms. The molecule has 0 aliphatic carbocycles. The van der Waals surface area contributed by atoms with E-state index in [0.29, 0.717) is 0 Å². The van der Waals surface area contributed by atoms with E-state index >= 15 is 0 Å². The Bertz CT molecular complexity index is 117. The smallest absolute Gasteiger partial charge is 0.412 e. The highest BCUT2D eigenvalue weighted by Gasteiger charge is 2.62. The fourth-order valence-electron chi connectivity index (χ4n) is 0.124. The maximum atomic E-state index is 11.4. The Morgan fingerprint density at radius 3 is 1.27 bits per heavy atom. The molecule has 0 rings (SSSR count). The molecular weight excluding hydrogens is 182 g/mol. The average Bonchev–Trinajstić information content (AvgIpc) is 1.62. The van der Waals surface area contributed by atoms with Gasteiger partial charge in [0.25, 0.3) is 0 Å². The van der Waals surface area contributed by atoms with E-state index in [0.717, 1.165) is 0 Å². The number of hydrogen-bond donors (Lipinski definition) is 1. The van der Waals surface area contributed by atoms with Gasteiger partial charge in [-0.2, -0.15) is 17.6 Å². The van der Waals surface area contributed by atoms with Crippen LogP contribution < -0.4 is 0 Å². The fraction of sp³-hybridized carbons (Fsp3) is 1.00. The van der Waals surface area contributed by atoms with E-state index < -0.39 is 18.5 Å². The normalized spacial score (nSPS) is 17.5. The van der Waals surface area contributed by atoms with Gasteiger partial charge in [-0.1, -0.05) is 0 Å². The molecule has 8 heteroatoms. The third-order valence-corrected chi connectivity index (χ3v) is 0.687. The molecule has 0 aromatic rings. The number of hydrogen-bond acceptors (Lipinski definition) is 1. The van der Waals surface area contributed by atoms with Crippen LogP contribution in [-0.2, 0) is 0 Å². The Morgan fingerprint density at radius 2 is 1.27 bits per heavy atom. The zero-order valence-corrected chi connectivity index (χ0v) is 4.79. The van der Waals surface area contributed by atoms with Gasteiger partial charge in [0.2, 0.25) is 0 Å². The van der Waals surface area contributed by atoms with Crippen molar-refractivity contribution in [1.29, 1.82) is 0 Å². The third-order valence-electron chi connectivity index (χ3n) is 0.687. The highest BCUT2D eigenvalue weighted by atomic mass is 19.4. The van der Waals surface area contributed by atoms with Gasteiger partial charge in [-0.15, -0.1) is 0 Å². The maximum absolute atomic E-state index is 11.4. The number of halogens is 6. The summed E-state index contributed by atoms with van der Waals surface area (Å²) in [6, 6.07) is 0. The van der Waals surface area contributed by atoms with Gasteiger partial charge >= 0.3 is 18.5 Å². The van der Waals surface area contributed by atoms with Crippen molar-refractivity contribution in [3.05, 3.63) is 0 Å². The van der Waals surface area contributed by atoms with E-state index in [-0.39, 0.29) is 5.48 Å². The largest absolute Gasteiger partial charge is 0.454 e. The highest BCUT2D eigenvalue weighted by molar-refractivity contribution is 4.76. The number of alkyl halides is 6. The Labute approximate surface area is 56.7 Å². The summed E-state index contributed by atoms with van der Waals surface area (Å²) in [5.74, 6) is -5.40. The first-order chi connectivity index (χ1) is 4.19. The lowest BCUT2D eigenvalue weighted by atomic mass is 10.3. The van der Waals surface area contributed by atoms with Crippen LogP contribution in [0.15, 0.2) is 0 Å². The molecule has 2 nitrogen and oxygen atoms in total. The number of aliphatic hydroxyl groups is 1. The molecule has 70 valence electrons. The van der Waals surface area contributed by atoms with Crippen molar-refractivity contribution in [2.24, 2.45) is 0 Å². The van der Waals surface area contributed by atoms with E-state index in [4.69, 9.17) is 5.11 Å². The van der Waals surface area contributed by atoms with Crippen LogP contribution in [0.4, 0.5) is 26.3 Å². The first-order valence-electron chi connectivity index (χ1n) is 1.95. The summed E-state index contributed by atoms with van der Waals surface area (Å²) in [7, 11) is 0. The number of rotatable bonds is 1. The van der Waals surface area contributed by atoms with Crippen molar-refractivity contribution in [2.75, 3.05) is 0 Å². The lowest BCUT2D eigenvalue weighted by Crippen LogP contribution is -2.47. The summed E-state index contributed by atoms with van der Waals surface area (Å²) in [4.78, 5) is 0. The van der Waals surface area contributed by atoms with Crippen LogP contribution >= 0.6 is 0 Å². The molecule has 0 aliphatic heterocycles. The van der Waals surface area contributed by atoms with Crippen LogP contribution in [0, 0.1) is 0 Å². The minimum Gasteiger partial charge on any atom is -0.412 e. The fourth-order valence-corrected chi connectivity index (χ4v) is 0.124. The molecular formula is C3H4F6O2. The molecule has 0 saturated heterocycles. The quantitative estimate of drug-likeness (QED) is 0.600. The van der Waals surface area contributed by atoms with E-state index in [2.05, 4.69) is 0 Å². The second kappa shape index (κ2) is 3.26. The zero-order valence-electron chi connectivity index (χ0n) is 4.79. The first-order valence-corrected chi connectivity index (χ1v) is 1.95. The van der Waals surface area contributed by atoms with Gasteiger partial charge in [0.1, 0.15) is 0 Å². The molecule has 0 heterocycles. The molecule has 0 fully saturated rings. The third kappa shape index (κ3) is 2.54. The van der Waals surface area contributed by atoms with Crippen LogP contribution in [0.3, 0.4) is 0 Å². The van der Waals surface area contributed by atoms with Gasteiger partial charge in [0, 0.05) is 0 Å². The maximum Gasteiger partial charge on any atom is 0.454 e. The van der Waals surface area contributed by atoms with Gasteiger partial charge in [0.05, 0.1) is 0 Å². The van der Waals surface area contributed by atoms with E-state index in [1.807, 2.05) is 0 Å². The Balaban J connectivity index is 0. The minimum atomic E-state index is -5.94. The van der Waals surface area contributed by atoms with Crippen molar-refractivity contribution >= 4 is 0 Å². The van der Waals surface area contributed by atoms with Crippen molar-refractivity contribution in [2.45, 2.75) is 18.5 Å². The molecule has 0 spiro atoms. The monoisotopic (exact) mass is 186 g/mol. The summed E-state index contributed by atoms with van der Waals surface area (Å²) >= 11 is 0. The van der Waals surface area contributed by atoms with Crippen LogP contribution in [0.5, 0.6) is 0 Å². The predicted molar refractivity (Wildman–Crippen MR) is 21.7 cm³/mol. The van der Waals surface area contributed by atoms with Gasteiger partial charge in [-0.25, -0.2) is 8.78 Å². The van der Waals surface area contributed by atoms with Crippen molar-refractivity contribution < 1.29 is 36.9 Å². The minimum absolute atomic E-state index is 0. The summed E-state index contributed by atoms with van der Waals surface area (Å²) in [6.45, 7) is 0. The lowest BCUT2D eigenvalue weighted by molar-refractivity contribution is -0.352. The standard InChI is InChI=1S/C3H2F6O.H2O/c4-1(5)2(6,10)3(7,8)9;/h1,10H;1H2. The molecule has 0 bridgehead atoms. The SMILES string of the molecule is O.OC(F)(C(F)F)C(F)(F)F. The van der Waals surface area contributed by atoms with Crippen LogP contribution in [0.1, 0.15) is 0 Å².